The lowest BCUT2D eigenvalue weighted by atomic mass is 10.1. The van der Waals surface area contributed by atoms with Gasteiger partial charge in [0.15, 0.2) is 5.96 Å². The molecule has 2 N–H and O–H groups in total. The lowest BCUT2D eigenvalue weighted by Gasteiger charge is -2.16. The fourth-order valence-corrected chi connectivity index (χ4v) is 2.96. The molecule has 2 rings (SSSR count). The van der Waals surface area contributed by atoms with E-state index in [4.69, 9.17) is 4.74 Å². The smallest absolute Gasteiger partial charge is 0.387 e. The number of rotatable bonds is 8. The zero-order chi connectivity index (χ0) is 18.9. The van der Waals surface area contributed by atoms with Gasteiger partial charge in [0.05, 0.1) is 13.7 Å². The summed E-state index contributed by atoms with van der Waals surface area (Å²) in [7, 11) is 3.65. The Hall–Kier alpha value is -2.09. The Morgan fingerprint density at radius 2 is 2.19 bits per heavy atom. The number of hydrogen-bond acceptors (Lipinski definition) is 4. The Bertz CT molecular complexity index is 599. The average Bonchev–Trinajstić information content (AvgIpc) is 3.03. The molecule has 0 aromatic heterocycles. The van der Waals surface area contributed by atoms with Crippen LogP contribution in [0.2, 0.25) is 0 Å². The fourth-order valence-electron chi connectivity index (χ4n) is 2.96. The second-order valence-electron chi connectivity index (χ2n) is 6.35. The SMILES string of the molecule is CCNC(=NCc1cc(OC)ccc1OC(F)F)NCC1CCN(C)C1. The highest BCUT2D eigenvalue weighted by Gasteiger charge is 2.19. The van der Waals surface area contributed by atoms with Gasteiger partial charge in [0.1, 0.15) is 11.5 Å². The van der Waals surface area contributed by atoms with Crippen LogP contribution in [-0.4, -0.2) is 57.8 Å². The van der Waals surface area contributed by atoms with E-state index in [1.807, 2.05) is 6.92 Å². The van der Waals surface area contributed by atoms with Crippen LogP contribution in [0.1, 0.15) is 18.9 Å². The quantitative estimate of drug-likeness (QED) is 0.543. The summed E-state index contributed by atoms with van der Waals surface area (Å²) in [6.45, 7) is 3.03. The summed E-state index contributed by atoms with van der Waals surface area (Å²) < 4.78 is 35.0. The van der Waals surface area contributed by atoms with Crippen molar-refractivity contribution in [1.82, 2.24) is 15.5 Å². The van der Waals surface area contributed by atoms with Gasteiger partial charge in [-0.05, 0) is 51.1 Å². The highest BCUT2D eigenvalue weighted by Crippen LogP contribution is 2.26. The number of ether oxygens (including phenoxy) is 2. The fraction of sp³-hybridized carbons (Fsp3) is 0.611. The number of halogens is 2. The monoisotopic (exact) mass is 370 g/mol. The zero-order valence-corrected chi connectivity index (χ0v) is 15.6. The first kappa shape index (κ1) is 20.2. The maximum absolute atomic E-state index is 12.6. The topological polar surface area (TPSA) is 58.1 Å². The minimum Gasteiger partial charge on any atom is -0.497 e. The van der Waals surface area contributed by atoms with Crippen molar-refractivity contribution >= 4 is 5.96 Å². The molecule has 1 atom stereocenters. The number of aliphatic imine (C=N–C) groups is 1. The van der Waals surface area contributed by atoms with E-state index in [1.165, 1.54) is 13.2 Å². The summed E-state index contributed by atoms with van der Waals surface area (Å²) in [6.07, 6.45) is 1.16. The summed E-state index contributed by atoms with van der Waals surface area (Å²) in [5.41, 5.74) is 0.544. The summed E-state index contributed by atoms with van der Waals surface area (Å²) in [5, 5.41) is 6.52. The van der Waals surface area contributed by atoms with Crippen molar-refractivity contribution in [2.75, 3.05) is 40.3 Å². The molecule has 0 radical (unpaired) electrons. The number of benzene rings is 1. The molecule has 1 aliphatic rings. The molecule has 1 aliphatic heterocycles. The highest BCUT2D eigenvalue weighted by molar-refractivity contribution is 5.79. The van der Waals surface area contributed by atoms with Crippen molar-refractivity contribution in [2.24, 2.45) is 10.9 Å². The van der Waals surface area contributed by atoms with Gasteiger partial charge in [0, 0.05) is 25.2 Å². The molecule has 8 heteroatoms. The Kier molecular flexibility index (Phi) is 7.90. The zero-order valence-electron chi connectivity index (χ0n) is 15.6. The summed E-state index contributed by atoms with van der Waals surface area (Å²) >= 11 is 0. The Balaban J connectivity index is 2.04. The minimum atomic E-state index is -2.88. The van der Waals surface area contributed by atoms with Gasteiger partial charge in [0.25, 0.3) is 0 Å². The van der Waals surface area contributed by atoms with Crippen molar-refractivity contribution in [1.29, 1.82) is 0 Å². The number of nitrogens with one attached hydrogen (secondary N) is 2. The average molecular weight is 370 g/mol. The van der Waals surface area contributed by atoms with Gasteiger partial charge in [-0.15, -0.1) is 0 Å². The minimum absolute atomic E-state index is 0.109. The summed E-state index contributed by atoms with van der Waals surface area (Å²) in [4.78, 5) is 6.81. The third kappa shape index (κ3) is 6.33. The van der Waals surface area contributed by atoms with Crippen LogP contribution in [-0.2, 0) is 6.54 Å². The molecule has 1 aromatic rings. The third-order valence-electron chi connectivity index (χ3n) is 4.28. The van der Waals surface area contributed by atoms with Crippen molar-refractivity contribution in [2.45, 2.75) is 26.5 Å². The first-order chi connectivity index (χ1) is 12.5. The Morgan fingerprint density at radius 3 is 2.81 bits per heavy atom. The van der Waals surface area contributed by atoms with Crippen LogP contribution >= 0.6 is 0 Å². The van der Waals surface area contributed by atoms with E-state index in [-0.39, 0.29) is 12.3 Å². The van der Waals surface area contributed by atoms with E-state index in [9.17, 15) is 8.78 Å². The number of alkyl halides is 2. The van der Waals surface area contributed by atoms with Crippen molar-refractivity contribution in [3.8, 4) is 11.5 Å². The molecule has 146 valence electrons. The maximum Gasteiger partial charge on any atom is 0.387 e. The van der Waals surface area contributed by atoms with Crippen molar-refractivity contribution < 1.29 is 18.3 Å². The molecule has 0 amide bonds. The van der Waals surface area contributed by atoms with Crippen LogP contribution < -0.4 is 20.1 Å². The predicted octanol–water partition coefficient (Wildman–Crippen LogP) is 2.30. The van der Waals surface area contributed by atoms with Gasteiger partial charge in [-0.2, -0.15) is 8.78 Å². The highest BCUT2D eigenvalue weighted by atomic mass is 19.3. The first-order valence-electron chi connectivity index (χ1n) is 8.84. The van der Waals surface area contributed by atoms with Crippen LogP contribution in [0.15, 0.2) is 23.2 Å². The molecule has 1 aromatic carbocycles. The van der Waals surface area contributed by atoms with Gasteiger partial charge in [-0.3, -0.25) is 0 Å². The summed E-state index contributed by atoms with van der Waals surface area (Å²) in [5.74, 6) is 1.92. The van der Waals surface area contributed by atoms with Gasteiger partial charge in [-0.1, -0.05) is 0 Å². The molecule has 6 nitrogen and oxygen atoms in total. The maximum atomic E-state index is 12.6. The molecule has 1 saturated heterocycles. The molecule has 26 heavy (non-hydrogen) atoms. The molecule has 0 spiro atoms. The molecule has 0 aliphatic carbocycles. The standard InChI is InChI=1S/C18H28F2N4O2/c1-4-21-18(22-10-13-7-8-24(2)12-13)23-11-14-9-15(25-3)5-6-16(14)26-17(19)20/h5-6,9,13,17H,4,7-8,10-12H2,1-3H3,(H2,21,22,23). The van der Waals surface area contributed by atoms with Crippen LogP contribution in [0.4, 0.5) is 8.78 Å². The number of methoxy groups -OCH3 is 1. The molecule has 1 fully saturated rings. The number of likely N-dealkylation sites (tertiary alicyclic amines) is 1. The van der Waals surface area contributed by atoms with Gasteiger partial charge in [-0.25, -0.2) is 4.99 Å². The Morgan fingerprint density at radius 1 is 1.38 bits per heavy atom. The lowest BCUT2D eigenvalue weighted by molar-refractivity contribution is -0.0504. The van der Waals surface area contributed by atoms with E-state index >= 15 is 0 Å². The lowest BCUT2D eigenvalue weighted by Crippen LogP contribution is -2.40. The normalized spacial score (nSPS) is 18.2. The number of hydrogen-bond donors (Lipinski definition) is 2. The summed E-state index contributed by atoms with van der Waals surface area (Å²) in [6, 6.07) is 4.73. The largest absolute Gasteiger partial charge is 0.497 e. The van der Waals surface area contributed by atoms with E-state index in [2.05, 4.69) is 32.3 Å². The van der Waals surface area contributed by atoms with Crippen molar-refractivity contribution in [3.63, 3.8) is 0 Å². The second kappa shape index (κ2) is 10.2. The molecular formula is C18H28F2N4O2. The molecule has 0 bridgehead atoms. The molecule has 1 unspecified atom stereocenters. The van der Waals surface area contributed by atoms with Crippen LogP contribution in [0.25, 0.3) is 0 Å². The molecule has 1 heterocycles. The van der Waals surface area contributed by atoms with Crippen LogP contribution in [0, 0.1) is 5.92 Å². The number of guanidine groups is 1. The van der Waals surface area contributed by atoms with Crippen LogP contribution in [0.3, 0.4) is 0 Å². The van der Waals surface area contributed by atoms with E-state index in [0.29, 0.717) is 23.2 Å². The van der Waals surface area contributed by atoms with Crippen LogP contribution in [0.5, 0.6) is 11.5 Å². The van der Waals surface area contributed by atoms with Gasteiger partial charge < -0.3 is 25.0 Å². The first-order valence-corrected chi connectivity index (χ1v) is 8.84. The van der Waals surface area contributed by atoms with Crippen molar-refractivity contribution in [3.05, 3.63) is 23.8 Å². The van der Waals surface area contributed by atoms with E-state index in [1.54, 1.807) is 12.1 Å². The number of nitrogens with zero attached hydrogens (tertiary/aromatic N) is 2. The van der Waals surface area contributed by atoms with E-state index in [0.717, 1.165) is 32.6 Å². The predicted molar refractivity (Wildman–Crippen MR) is 98.0 cm³/mol. The van der Waals surface area contributed by atoms with E-state index < -0.39 is 6.61 Å². The van der Waals surface area contributed by atoms with Gasteiger partial charge >= 0.3 is 6.61 Å². The second-order valence-corrected chi connectivity index (χ2v) is 6.35. The van der Waals surface area contributed by atoms with Gasteiger partial charge in [0.2, 0.25) is 0 Å². The third-order valence-corrected chi connectivity index (χ3v) is 4.28. The molecular weight excluding hydrogens is 342 g/mol. The molecule has 0 saturated carbocycles. The Labute approximate surface area is 153 Å².